The van der Waals surface area contributed by atoms with Crippen molar-refractivity contribution in [3.63, 3.8) is 0 Å². The lowest BCUT2D eigenvalue weighted by Gasteiger charge is -2.20. The number of nitrogens with one attached hydrogen (secondary N) is 1. The van der Waals surface area contributed by atoms with E-state index in [4.69, 9.17) is 5.11 Å². The van der Waals surface area contributed by atoms with Crippen molar-refractivity contribution in [1.29, 1.82) is 0 Å². The molecule has 0 fully saturated rings. The van der Waals surface area contributed by atoms with Crippen molar-refractivity contribution in [2.24, 2.45) is 11.8 Å². The average molecular weight is 279 g/mol. The van der Waals surface area contributed by atoms with Gasteiger partial charge in [-0.15, -0.1) is 0 Å². The van der Waals surface area contributed by atoms with E-state index in [1.807, 2.05) is 0 Å². The van der Waals surface area contributed by atoms with Crippen molar-refractivity contribution in [2.75, 3.05) is 0 Å². The molecule has 0 bridgehead atoms. The van der Waals surface area contributed by atoms with Crippen LogP contribution in [0.3, 0.4) is 0 Å². The summed E-state index contributed by atoms with van der Waals surface area (Å²) in [7, 11) is 0. The molecule has 1 amide bonds. The van der Waals surface area contributed by atoms with Crippen LogP contribution in [0, 0.1) is 11.8 Å². The number of carbonyl (C=O) groups is 3. The monoisotopic (exact) mass is 279 g/mol. The van der Waals surface area contributed by atoms with Crippen LogP contribution in [-0.2, 0) is 14.4 Å². The predicted molar refractivity (Wildman–Crippen MR) is 70.9 cm³/mol. The van der Waals surface area contributed by atoms with E-state index in [9.17, 15) is 19.5 Å². The summed E-state index contributed by atoms with van der Waals surface area (Å²) in [6, 6.07) is 7.06. The lowest BCUT2D eigenvalue weighted by Crippen LogP contribution is -2.40. The van der Waals surface area contributed by atoms with E-state index < -0.39 is 35.7 Å². The Morgan fingerprint density at radius 2 is 1.50 bits per heavy atom. The third-order valence-electron chi connectivity index (χ3n) is 3.22. The normalized spacial score (nSPS) is 14.9. The number of carboxylic acids is 2. The fraction of sp³-hybridized carbons (Fsp3) is 0.357. The van der Waals surface area contributed by atoms with Crippen LogP contribution in [0.2, 0.25) is 0 Å². The highest BCUT2D eigenvalue weighted by atomic mass is 16.4. The Balaban J connectivity index is 2.85. The predicted octanol–water partition coefficient (Wildman–Crippen LogP) is 1.29. The van der Waals surface area contributed by atoms with Crippen LogP contribution in [0.4, 0.5) is 0 Å². The minimum atomic E-state index is -1.19. The maximum Gasteiger partial charge on any atom is 0.330 e. The summed E-state index contributed by atoms with van der Waals surface area (Å²) in [5, 5.41) is 20.4. The molecular formula is C14H17NO5. The third-order valence-corrected chi connectivity index (χ3v) is 3.22. The standard InChI is InChI=1S/C14H17NO5/c1-8(9(2)13(17)18)12(16)15-11(14(19)20)10-6-4-3-5-7-10/h3-9,11H,1-2H3,(H,15,16)(H,17,18)(H,19,20). The molecule has 0 aromatic heterocycles. The molecule has 1 aromatic carbocycles. The molecule has 3 N–H and O–H groups in total. The molecule has 108 valence electrons. The smallest absolute Gasteiger partial charge is 0.330 e. The first-order valence-corrected chi connectivity index (χ1v) is 6.15. The van der Waals surface area contributed by atoms with Crippen LogP contribution >= 0.6 is 0 Å². The van der Waals surface area contributed by atoms with Gasteiger partial charge in [-0.25, -0.2) is 4.79 Å². The van der Waals surface area contributed by atoms with Crippen molar-refractivity contribution in [3.05, 3.63) is 35.9 Å². The first kappa shape index (κ1) is 15.7. The maximum absolute atomic E-state index is 11.9. The van der Waals surface area contributed by atoms with Crippen molar-refractivity contribution in [2.45, 2.75) is 19.9 Å². The molecule has 0 aliphatic rings. The number of rotatable bonds is 6. The van der Waals surface area contributed by atoms with Gasteiger partial charge in [-0.1, -0.05) is 44.2 Å². The Morgan fingerprint density at radius 3 is 1.95 bits per heavy atom. The van der Waals surface area contributed by atoms with Gasteiger partial charge >= 0.3 is 11.9 Å². The second kappa shape index (κ2) is 6.70. The molecule has 0 radical (unpaired) electrons. The van der Waals surface area contributed by atoms with Gasteiger partial charge in [0.25, 0.3) is 0 Å². The number of carboxylic acid groups (broad SMARTS) is 2. The molecule has 0 spiro atoms. The van der Waals surface area contributed by atoms with E-state index >= 15 is 0 Å². The van der Waals surface area contributed by atoms with Gasteiger partial charge in [-0.2, -0.15) is 0 Å². The molecule has 0 heterocycles. The summed E-state index contributed by atoms with van der Waals surface area (Å²) in [5.74, 6) is -4.60. The minimum Gasteiger partial charge on any atom is -0.481 e. The maximum atomic E-state index is 11.9. The van der Waals surface area contributed by atoms with E-state index in [1.54, 1.807) is 30.3 Å². The molecule has 3 atom stereocenters. The van der Waals surface area contributed by atoms with E-state index in [0.29, 0.717) is 5.56 Å². The zero-order valence-electron chi connectivity index (χ0n) is 11.2. The summed E-state index contributed by atoms with van der Waals surface area (Å²) in [6.07, 6.45) is 0. The van der Waals surface area contributed by atoms with Crippen molar-refractivity contribution in [3.8, 4) is 0 Å². The lowest BCUT2D eigenvalue weighted by atomic mass is 9.94. The second-order valence-electron chi connectivity index (χ2n) is 4.61. The van der Waals surface area contributed by atoms with Crippen LogP contribution in [-0.4, -0.2) is 28.1 Å². The topological polar surface area (TPSA) is 104 Å². The van der Waals surface area contributed by atoms with E-state index in [1.165, 1.54) is 13.8 Å². The average Bonchev–Trinajstić information content (AvgIpc) is 2.43. The van der Waals surface area contributed by atoms with Crippen LogP contribution in [0.5, 0.6) is 0 Å². The fourth-order valence-electron chi connectivity index (χ4n) is 1.65. The third kappa shape index (κ3) is 3.81. The number of amides is 1. The molecule has 0 aliphatic heterocycles. The highest BCUT2D eigenvalue weighted by molar-refractivity contribution is 5.88. The molecule has 20 heavy (non-hydrogen) atoms. The summed E-state index contributed by atoms with van der Waals surface area (Å²) in [6.45, 7) is 2.86. The van der Waals surface area contributed by atoms with Crippen LogP contribution in [0.1, 0.15) is 25.5 Å². The summed E-state index contributed by atoms with van der Waals surface area (Å²) >= 11 is 0. The summed E-state index contributed by atoms with van der Waals surface area (Å²) in [4.78, 5) is 34.0. The van der Waals surface area contributed by atoms with Gasteiger partial charge in [0.1, 0.15) is 0 Å². The highest BCUT2D eigenvalue weighted by Crippen LogP contribution is 2.16. The Labute approximate surface area is 116 Å². The highest BCUT2D eigenvalue weighted by Gasteiger charge is 2.29. The quantitative estimate of drug-likeness (QED) is 0.727. The Kier molecular flexibility index (Phi) is 5.25. The first-order valence-electron chi connectivity index (χ1n) is 6.15. The van der Waals surface area contributed by atoms with Crippen molar-refractivity contribution >= 4 is 17.8 Å². The number of benzene rings is 1. The molecule has 0 saturated heterocycles. The Bertz CT molecular complexity index is 500. The molecule has 0 aliphatic carbocycles. The van der Waals surface area contributed by atoms with E-state index in [0.717, 1.165) is 0 Å². The van der Waals surface area contributed by atoms with Gasteiger partial charge in [-0.3, -0.25) is 9.59 Å². The van der Waals surface area contributed by atoms with Crippen LogP contribution in [0.15, 0.2) is 30.3 Å². The second-order valence-corrected chi connectivity index (χ2v) is 4.61. The molecule has 0 saturated carbocycles. The van der Waals surface area contributed by atoms with Gasteiger partial charge in [0.15, 0.2) is 6.04 Å². The molecular weight excluding hydrogens is 262 g/mol. The van der Waals surface area contributed by atoms with Gasteiger partial charge in [0, 0.05) is 5.92 Å². The zero-order valence-corrected chi connectivity index (χ0v) is 11.2. The SMILES string of the molecule is CC(C(=O)O)C(C)C(=O)NC(C(=O)O)c1ccccc1. The minimum absolute atomic E-state index is 0.434. The largest absolute Gasteiger partial charge is 0.481 e. The number of hydrogen-bond acceptors (Lipinski definition) is 3. The van der Waals surface area contributed by atoms with E-state index in [-0.39, 0.29) is 0 Å². The first-order chi connectivity index (χ1) is 9.34. The fourth-order valence-corrected chi connectivity index (χ4v) is 1.65. The summed E-state index contributed by atoms with van der Waals surface area (Å²) in [5.41, 5.74) is 0.434. The van der Waals surface area contributed by atoms with Gasteiger partial charge in [0.05, 0.1) is 5.92 Å². The number of hydrogen-bond donors (Lipinski definition) is 3. The Hall–Kier alpha value is -2.37. The molecule has 1 rings (SSSR count). The molecule has 3 unspecified atom stereocenters. The van der Waals surface area contributed by atoms with Gasteiger partial charge < -0.3 is 15.5 Å². The number of carbonyl (C=O) groups excluding carboxylic acids is 1. The number of aliphatic carboxylic acids is 2. The summed E-state index contributed by atoms with van der Waals surface area (Å²) < 4.78 is 0. The van der Waals surface area contributed by atoms with Crippen molar-refractivity contribution in [1.82, 2.24) is 5.32 Å². The molecule has 6 nitrogen and oxygen atoms in total. The zero-order chi connectivity index (χ0) is 15.3. The molecule has 1 aromatic rings. The van der Waals surface area contributed by atoms with Crippen LogP contribution in [0.25, 0.3) is 0 Å². The molecule has 6 heteroatoms. The van der Waals surface area contributed by atoms with Crippen LogP contribution < -0.4 is 5.32 Å². The van der Waals surface area contributed by atoms with E-state index in [2.05, 4.69) is 5.32 Å². The van der Waals surface area contributed by atoms with Gasteiger partial charge in [0.2, 0.25) is 5.91 Å². The Morgan fingerprint density at radius 1 is 0.950 bits per heavy atom. The lowest BCUT2D eigenvalue weighted by molar-refractivity contribution is -0.147. The van der Waals surface area contributed by atoms with Gasteiger partial charge in [-0.05, 0) is 5.56 Å². The van der Waals surface area contributed by atoms with Crippen molar-refractivity contribution < 1.29 is 24.6 Å².